The van der Waals surface area contributed by atoms with E-state index in [1.807, 2.05) is 6.92 Å². The fourth-order valence-corrected chi connectivity index (χ4v) is 1.64. The summed E-state index contributed by atoms with van der Waals surface area (Å²) < 4.78 is 0. The van der Waals surface area contributed by atoms with E-state index in [0.717, 1.165) is 25.8 Å². The molecule has 0 heterocycles. The maximum absolute atomic E-state index is 11.4. The lowest BCUT2D eigenvalue weighted by molar-refractivity contribution is -0.131. The molecule has 74 valence electrons. The van der Waals surface area contributed by atoms with Gasteiger partial charge in [-0.05, 0) is 19.3 Å². The van der Waals surface area contributed by atoms with Gasteiger partial charge in [-0.2, -0.15) is 0 Å². The number of carbonyl (C=O) groups is 2. The van der Waals surface area contributed by atoms with Gasteiger partial charge in [-0.3, -0.25) is 9.59 Å². The van der Waals surface area contributed by atoms with Gasteiger partial charge in [0.15, 0.2) is 0 Å². The van der Waals surface area contributed by atoms with Crippen LogP contribution in [0.15, 0.2) is 0 Å². The van der Waals surface area contributed by atoms with Crippen LogP contribution in [-0.4, -0.2) is 18.2 Å². The molecule has 0 bridgehead atoms. The molecule has 1 saturated carbocycles. The van der Waals surface area contributed by atoms with Gasteiger partial charge < -0.3 is 5.32 Å². The average molecular weight is 183 g/mol. The molecule has 0 aromatic rings. The summed E-state index contributed by atoms with van der Waals surface area (Å²) in [5.41, 5.74) is 0. The van der Waals surface area contributed by atoms with Gasteiger partial charge in [0.2, 0.25) is 5.91 Å². The molecule has 0 aliphatic heterocycles. The van der Waals surface area contributed by atoms with Gasteiger partial charge >= 0.3 is 0 Å². The zero-order valence-electron chi connectivity index (χ0n) is 8.14. The summed E-state index contributed by atoms with van der Waals surface area (Å²) >= 11 is 0. The largest absolute Gasteiger partial charge is 0.356 e. The first-order chi connectivity index (χ1) is 6.24. The van der Waals surface area contributed by atoms with Crippen LogP contribution in [-0.2, 0) is 9.59 Å². The second kappa shape index (κ2) is 5.00. The standard InChI is InChI=1S/C10H17NO2/c1-2-6-11-10(13)8-4-3-5-9(12)7-8/h8H,2-7H2,1H3,(H,11,13). The quantitative estimate of drug-likeness (QED) is 0.716. The Kier molecular flexibility index (Phi) is 3.93. The SMILES string of the molecule is CCCNC(=O)C1CCCC(=O)C1. The summed E-state index contributed by atoms with van der Waals surface area (Å²) in [5, 5.41) is 2.83. The topological polar surface area (TPSA) is 46.2 Å². The summed E-state index contributed by atoms with van der Waals surface area (Å²) in [4.78, 5) is 22.5. The molecule has 1 fully saturated rings. The van der Waals surface area contributed by atoms with Gasteiger partial charge in [0, 0.05) is 25.3 Å². The van der Waals surface area contributed by atoms with Crippen LogP contribution in [0.3, 0.4) is 0 Å². The first-order valence-electron chi connectivity index (χ1n) is 5.03. The Morgan fingerprint density at radius 2 is 2.38 bits per heavy atom. The molecule has 1 atom stereocenters. The lowest BCUT2D eigenvalue weighted by Crippen LogP contribution is -2.34. The monoisotopic (exact) mass is 183 g/mol. The van der Waals surface area contributed by atoms with Crippen molar-refractivity contribution < 1.29 is 9.59 Å². The highest BCUT2D eigenvalue weighted by Gasteiger charge is 2.24. The van der Waals surface area contributed by atoms with Crippen molar-refractivity contribution in [3.63, 3.8) is 0 Å². The van der Waals surface area contributed by atoms with Gasteiger partial charge in [0.1, 0.15) is 5.78 Å². The minimum atomic E-state index is -0.0483. The average Bonchev–Trinajstić information content (AvgIpc) is 2.14. The fourth-order valence-electron chi connectivity index (χ4n) is 1.64. The van der Waals surface area contributed by atoms with Crippen LogP contribution in [0, 0.1) is 5.92 Å². The van der Waals surface area contributed by atoms with Crippen LogP contribution in [0.1, 0.15) is 39.0 Å². The molecule has 3 heteroatoms. The van der Waals surface area contributed by atoms with Crippen molar-refractivity contribution in [2.45, 2.75) is 39.0 Å². The second-order valence-corrected chi connectivity index (χ2v) is 3.62. The van der Waals surface area contributed by atoms with Gasteiger partial charge in [-0.1, -0.05) is 6.92 Å². The predicted octanol–water partition coefficient (Wildman–Crippen LogP) is 1.27. The molecule has 1 unspecified atom stereocenters. The Morgan fingerprint density at radius 1 is 1.62 bits per heavy atom. The second-order valence-electron chi connectivity index (χ2n) is 3.62. The highest BCUT2D eigenvalue weighted by molar-refractivity contribution is 5.87. The first kappa shape index (κ1) is 10.2. The molecule has 0 aromatic heterocycles. The summed E-state index contributed by atoms with van der Waals surface area (Å²) in [7, 11) is 0. The minimum Gasteiger partial charge on any atom is -0.356 e. The molecule has 0 spiro atoms. The number of amides is 1. The lowest BCUT2D eigenvalue weighted by Gasteiger charge is -2.19. The molecule has 3 nitrogen and oxygen atoms in total. The molecular weight excluding hydrogens is 166 g/mol. The summed E-state index contributed by atoms with van der Waals surface area (Å²) in [6.45, 7) is 2.75. The Labute approximate surface area is 78.9 Å². The maximum Gasteiger partial charge on any atom is 0.223 e. The van der Waals surface area contributed by atoms with E-state index < -0.39 is 0 Å². The van der Waals surface area contributed by atoms with E-state index in [4.69, 9.17) is 0 Å². The number of Topliss-reactive ketones (excluding diaryl/α,β-unsaturated/α-hetero) is 1. The molecule has 0 radical (unpaired) electrons. The van der Waals surface area contributed by atoms with Crippen LogP contribution in [0.25, 0.3) is 0 Å². The van der Waals surface area contributed by atoms with E-state index in [1.54, 1.807) is 0 Å². The number of ketones is 1. The van der Waals surface area contributed by atoms with Crippen molar-refractivity contribution >= 4 is 11.7 Å². The van der Waals surface area contributed by atoms with Crippen LogP contribution in [0.2, 0.25) is 0 Å². The van der Waals surface area contributed by atoms with Crippen LogP contribution in [0.4, 0.5) is 0 Å². The zero-order chi connectivity index (χ0) is 9.68. The predicted molar refractivity (Wildman–Crippen MR) is 50.3 cm³/mol. The summed E-state index contributed by atoms with van der Waals surface area (Å²) in [6.07, 6.45) is 3.82. The summed E-state index contributed by atoms with van der Waals surface area (Å²) in [5.74, 6) is 0.255. The van der Waals surface area contributed by atoms with Crippen molar-refractivity contribution in [1.29, 1.82) is 0 Å². The van der Waals surface area contributed by atoms with E-state index in [0.29, 0.717) is 12.8 Å². The normalized spacial score (nSPS) is 22.8. The van der Waals surface area contributed by atoms with E-state index in [1.165, 1.54) is 0 Å². The molecule has 1 aliphatic rings. The third kappa shape index (κ3) is 3.17. The Bertz CT molecular complexity index is 201. The smallest absolute Gasteiger partial charge is 0.223 e. The summed E-state index contributed by atoms with van der Waals surface area (Å²) in [6, 6.07) is 0. The number of rotatable bonds is 3. The van der Waals surface area contributed by atoms with Crippen molar-refractivity contribution in [2.75, 3.05) is 6.54 Å². The first-order valence-corrected chi connectivity index (χ1v) is 5.03. The third-order valence-electron chi connectivity index (χ3n) is 2.40. The zero-order valence-corrected chi connectivity index (χ0v) is 8.14. The van der Waals surface area contributed by atoms with E-state index in [-0.39, 0.29) is 17.6 Å². The Morgan fingerprint density at radius 3 is 3.00 bits per heavy atom. The molecule has 13 heavy (non-hydrogen) atoms. The minimum absolute atomic E-state index is 0.0483. The van der Waals surface area contributed by atoms with E-state index in [9.17, 15) is 9.59 Å². The maximum atomic E-state index is 11.4. The molecule has 1 N–H and O–H groups in total. The highest BCUT2D eigenvalue weighted by atomic mass is 16.2. The van der Waals surface area contributed by atoms with Gasteiger partial charge in [-0.15, -0.1) is 0 Å². The van der Waals surface area contributed by atoms with Gasteiger partial charge in [-0.25, -0.2) is 0 Å². The Hall–Kier alpha value is -0.860. The van der Waals surface area contributed by atoms with E-state index >= 15 is 0 Å². The molecule has 1 aliphatic carbocycles. The van der Waals surface area contributed by atoms with Crippen molar-refractivity contribution in [1.82, 2.24) is 5.32 Å². The number of nitrogens with one attached hydrogen (secondary N) is 1. The Balaban J connectivity index is 2.32. The fraction of sp³-hybridized carbons (Fsp3) is 0.800. The highest BCUT2D eigenvalue weighted by Crippen LogP contribution is 2.21. The molecular formula is C10H17NO2. The van der Waals surface area contributed by atoms with Crippen molar-refractivity contribution in [2.24, 2.45) is 5.92 Å². The molecule has 1 rings (SSSR count). The number of hydrogen-bond acceptors (Lipinski definition) is 2. The van der Waals surface area contributed by atoms with Gasteiger partial charge in [0.05, 0.1) is 0 Å². The van der Waals surface area contributed by atoms with Crippen molar-refractivity contribution in [3.05, 3.63) is 0 Å². The lowest BCUT2D eigenvalue weighted by atomic mass is 9.88. The van der Waals surface area contributed by atoms with Crippen LogP contribution < -0.4 is 5.32 Å². The van der Waals surface area contributed by atoms with E-state index in [2.05, 4.69) is 5.32 Å². The van der Waals surface area contributed by atoms with Crippen molar-refractivity contribution in [3.8, 4) is 0 Å². The molecule has 0 saturated heterocycles. The third-order valence-corrected chi connectivity index (χ3v) is 2.40. The van der Waals surface area contributed by atoms with Crippen LogP contribution in [0.5, 0.6) is 0 Å². The number of carbonyl (C=O) groups excluding carboxylic acids is 2. The molecule has 1 amide bonds. The number of hydrogen-bond donors (Lipinski definition) is 1. The van der Waals surface area contributed by atoms with Gasteiger partial charge in [0.25, 0.3) is 0 Å². The van der Waals surface area contributed by atoms with Crippen LogP contribution >= 0.6 is 0 Å². The molecule has 0 aromatic carbocycles.